The van der Waals surface area contributed by atoms with Crippen molar-refractivity contribution < 1.29 is 43.4 Å². The monoisotopic (exact) mass is 1130 g/mol. The number of aliphatic hydroxyl groups excluding tert-OH is 1. The van der Waals surface area contributed by atoms with Crippen molar-refractivity contribution in [2.24, 2.45) is 5.41 Å². The Morgan fingerprint density at radius 2 is 1.65 bits per heavy atom. The van der Waals surface area contributed by atoms with E-state index in [0.29, 0.717) is 59.3 Å². The van der Waals surface area contributed by atoms with Gasteiger partial charge in [-0.3, -0.25) is 34.0 Å². The summed E-state index contributed by atoms with van der Waals surface area (Å²) in [6.45, 7) is 19.2. The van der Waals surface area contributed by atoms with Crippen LogP contribution in [-0.4, -0.2) is 126 Å². The van der Waals surface area contributed by atoms with E-state index >= 15 is 0 Å². The second-order valence-electron chi connectivity index (χ2n) is 23.2. The summed E-state index contributed by atoms with van der Waals surface area (Å²) in [6.07, 6.45) is 9.37. The van der Waals surface area contributed by atoms with Crippen molar-refractivity contribution in [1.82, 2.24) is 34.5 Å². The molecule has 1 aliphatic carbocycles. The number of carbonyl (C=O) groups excluding carboxylic acids is 4. The summed E-state index contributed by atoms with van der Waals surface area (Å²) in [5.74, 6) is -0.654. The third-order valence-corrected chi connectivity index (χ3v) is 17.4. The van der Waals surface area contributed by atoms with Gasteiger partial charge in [0.25, 0.3) is 23.6 Å². The van der Waals surface area contributed by atoms with Crippen LogP contribution in [0.15, 0.2) is 91.9 Å². The van der Waals surface area contributed by atoms with E-state index in [9.17, 15) is 38.6 Å². The van der Waals surface area contributed by atoms with Gasteiger partial charge in [-0.2, -0.15) is 0 Å². The summed E-state index contributed by atoms with van der Waals surface area (Å²) < 4.78 is 19.6. The van der Waals surface area contributed by atoms with Gasteiger partial charge >= 0.3 is 7.75 Å². The molecule has 2 saturated heterocycles. The first-order valence-electron chi connectivity index (χ1n) is 27.5. The standard InChI is InChI=1S/C59H68N13O9P/c1-9-51(74)64-45-26-37(63-52-54(81-8)62-31-46(65-52)41-15-18-61-53(44(41)33-73)71-23-22-70-48(57(71)77)25-36-29-58(4,5)30-49(36)70)10-13-47(45)69-21-20-67(32-35(69)3)38-16-19-68(34(2)24-38)39-11-12-42-43(27-39)56(76)72(55(42)75)40-14-17-60-50(28-40)59(6,7)66-82(78,79)80/h9-15,17-18,25-28,31,34-35,38,73H,1,16,19-24,29-30,32-33H2,2-8H3,(H,63,65)(H,64,74)(H3,66,78,79,80)/t34-,35+,38?/m1/s1. The van der Waals surface area contributed by atoms with E-state index in [-0.39, 0.29) is 69.6 Å². The van der Waals surface area contributed by atoms with Crippen LogP contribution in [0.25, 0.3) is 11.3 Å². The average Bonchev–Trinajstić information content (AvgIpc) is 2.69. The molecule has 4 amide bonds. The smallest absolute Gasteiger partial charge is 0.401 e. The number of imide groups is 1. The number of methoxy groups -OCH3 is 1. The van der Waals surface area contributed by atoms with Gasteiger partial charge in [0.2, 0.25) is 5.91 Å². The van der Waals surface area contributed by atoms with Crippen molar-refractivity contribution in [3.8, 4) is 17.1 Å². The molecule has 82 heavy (non-hydrogen) atoms. The molecule has 3 atom stereocenters. The fraction of sp³-hybridized carbons (Fsp3) is 0.390. The van der Waals surface area contributed by atoms with Crippen LogP contribution in [0.5, 0.6) is 5.88 Å². The first-order valence-corrected chi connectivity index (χ1v) is 29.2. The van der Waals surface area contributed by atoms with Crippen LogP contribution in [-0.2, 0) is 40.9 Å². The lowest BCUT2D eigenvalue weighted by molar-refractivity contribution is -0.111. The number of aromatic nitrogens is 5. The van der Waals surface area contributed by atoms with E-state index in [1.54, 1.807) is 49.3 Å². The van der Waals surface area contributed by atoms with E-state index in [1.165, 1.54) is 42.8 Å². The predicted molar refractivity (Wildman–Crippen MR) is 312 cm³/mol. The first-order chi connectivity index (χ1) is 39.0. The molecule has 0 radical (unpaired) electrons. The number of carbonyl (C=O) groups is 4. The molecule has 4 aromatic heterocycles. The number of piperidine rings is 1. The summed E-state index contributed by atoms with van der Waals surface area (Å²) in [5.41, 5.74) is 7.24. The average molecular weight is 1130 g/mol. The number of ether oxygens (including phenoxy) is 1. The number of piperazine rings is 1. The van der Waals surface area contributed by atoms with Crippen molar-refractivity contribution in [2.45, 2.75) is 104 Å². The maximum absolute atomic E-state index is 14.1. The Labute approximate surface area is 475 Å². The molecule has 0 spiro atoms. The number of pyridine rings is 2. The molecule has 428 valence electrons. The van der Waals surface area contributed by atoms with Gasteiger partial charge in [0.05, 0.1) is 65.0 Å². The Bertz CT molecular complexity index is 3640. The maximum Gasteiger partial charge on any atom is 0.401 e. The number of benzene rings is 2. The molecule has 11 rings (SSSR count). The van der Waals surface area contributed by atoms with Gasteiger partial charge in [-0.25, -0.2) is 29.5 Å². The minimum atomic E-state index is -4.64. The van der Waals surface area contributed by atoms with Gasteiger partial charge in [0.1, 0.15) is 11.5 Å². The Kier molecular flexibility index (Phi) is 14.7. The number of fused-ring (bicyclic) bond motifs is 4. The molecule has 0 saturated carbocycles. The summed E-state index contributed by atoms with van der Waals surface area (Å²) in [7, 11) is -3.14. The highest BCUT2D eigenvalue weighted by molar-refractivity contribution is 7.49. The number of nitrogens with zero attached hydrogens (tertiary/aromatic N) is 10. The van der Waals surface area contributed by atoms with Crippen LogP contribution >= 0.6 is 7.75 Å². The Morgan fingerprint density at radius 1 is 0.866 bits per heavy atom. The van der Waals surface area contributed by atoms with Crippen LogP contribution in [0, 0.1) is 5.41 Å². The second kappa shape index (κ2) is 21.5. The number of hydrogen-bond donors (Lipinski definition) is 6. The normalized spacial score (nSPS) is 20.0. The van der Waals surface area contributed by atoms with Crippen LogP contribution in [0.4, 0.5) is 40.1 Å². The third kappa shape index (κ3) is 10.5. The molecule has 5 aliphatic rings. The minimum absolute atomic E-state index is 0.0564. The van der Waals surface area contributed by atoms with Gasteiger partial charge in [-0.1, -0.05) is 20.4 Å². The minimum Gasteiger partial charge on any atom is -0.478 e. The summed E-state index contributed by atoms with van der Waals surface area (Å²) in [6, 6.07) is 18.3. The Morgan fingerprint density at radius 3 is 2.38 bits per heavy atom. The van der Waals surface area contributed by atoms with Crippen LogP contribution in [0.2, 0.25) is 0 Å². The van der Waals surface area contributed by atoms with Crippen molar-refractivity contribution in [2.75, 3.05) is 70.1 Å². The Hall–Kier alpha value is -7.85. The number of rotatable bonds is 15. The molecule has 22 nitrogen and oxygen atoms in total. The van der Waals surface area contributed by atoms with Gasteiger partial charge in [0.15, 0.2) is 5.82 Å². The third-order valence-electron chi connectivity index (χ3n) is 16.6. The quantitative estimate of drug-likeness (QED) is 0.0338. The van der Waals surface area contributed by atoms with E-state index < -0.39 is 31.7 Å². The second-order valence-corrected chi connectivity index (χ2v) is 24.5. The SMILES string of the molecule is C=CC(=O)Nc1cc(Nc2nc(-c3ccnc(N4CCn5c(cc6c5CC(C)(C)C6)C4=O)c3CO)cnc2OC)ccc1N1CCN(C2CCN(c3ccc4c(c3)C(=O)N(c3ccnc(C(C)(C)NP(=O)(O)O)c3)C4=O)[C@H](C)C2)C[C@@H]1C. The van der Waals surface area contributed by atoms with Crippen LogP contribution < -0.4 is 40.1 Å². The van der Waals surface area contributed by atoms with E-state index in [0.717, 1.165) is 61.6 Å². The topological polar surface area (TPSA) is 264 Å². The number of hydrogen-bond acceptors (Lipinski definition) is 15. The molecular formula is C59H68N13O9P. The number of anilines is 7. The highest BCUT2D eigenvalue weighted by atomic mass is 31.2. The van der Waals surface area contributed by atoms with Crippen molar-refractivity contribution in [3.63, 3.8) is 0 Å². The molecule has 6 N–H and O–H groups in total. The van der Waals surface area contributed by atoms with Gasteiger partial charge in [-0.05, 0) is 131 Å². The Balaban J connectivity index is 0.762. The predicted octanol–water partition coefficient (Wildman–Crippen LogP) is 7.18. The molecule has 2 fully saturated rings. The van der Waals surface area contributed by atoms with Crippen molar-refractivity contribution >= 4 is 71.4 Å². The van der Waals surface area contributed by atoms with Gasteiger partial charge < -0.3 is 44.6 Å². The molecule has 4 aliphatic heterocycles. The number of aliphatic hydroxyl groups is 1. The summed E-state index contributed by atoms with van der Waals surface area (Å²) >= 11 is 0. The highest BCUT2D eigenvalue weighted by Gasteiger charge is 2.41. The summed E-state index contributed by atoms with van der Waals surface area (Å²) in [5, 5.41) is 19.5. The zero-order chi connectivity index (χ0) is 58.2. The zero-order valence-corrected chi connectivity index (χ0v) is 47.9. The zero-order valence-electron chi connectivity index (χ0n) is 47.0. The lowest BCUT2D eigenvalue weighted by atomic mass is 9.90. The molecule has 2 aromatic carbocycles. The van der Waals surface area contributed by atoms with E-state index in [1.807, 2.05) is 30.3 Å². The maximum atomic E-state index is 14.1. The molecule has 1 unspecified atom stereocenters. The molecule has 23 heteroatoms. The summed E-state index contributed by atoms with van der Waals surface area (Å²) in [4.78, 5) is 102. The van der Waals surface area contributed by atoms with Crippen LogP contribution in [0.3, 0.4) is 0 Å². The number of amides is 4. The lowest BCUT2D eigenvalue weighted by Crippen LogP contribution is -2.58. The molecule has 0 bridgehead atoms. The highest BCUT2D eigenvalue weighted by Crippen LogP contribution is 2.43. The fourth-order valence-electron chi connectivity index (χ4n) is 12.7. The molecule has 6 aromatic rings. The largest absolute Gasteiger partial charge is 0.478 e. The van der Waals surface area contributed by atoms with E-state index in [2.05, 4.69) is 84.2 Å². The van der Waals surface area contributed by atoms with Crippen molar-refractivity contribution in [3.05, 3.63) is 131 Å². The number of nitrogens with one attached hydrogen (secondary N) is 3. The molecular weight excluding hydrogens is 1070 g/mol. The van der Waals surface area contributed by atoms with E-state index in [4.69, 9.17) is 9.72 Å². The van der Waals surface area contributed by atoms with Gasteiger partial charge in [-0.15, -0.1) is 0 Å². The van der Waals surface area contributed by atoms with Crippen molar-refractivity contribution in [1.29, 1.82) is 0 Å². The molecule has 8 heterocycles. The van der Waals surface area contributed by atoms with Crippen LogP contribution in [0.1, 0.15) is 108 Å². The van der Waals surface area contributed by atoms with Gasteiger partial charge in [0, 0.05) is 98.0 Å². The fourth-order valence-corrected chi connectivity index (χ4v) is 13.6. The lowest BCUT2D eigenvalue weighted by Gasteiger charge is -2.48. The first kappa shape index (κ1) is 56.0.